The molecule has 92 valence electrons. The molecule has 0 aliphatic carbocycles. The molecule has 2 atom stereocenters. The molecule has 3 rings (SSSR count). The number of nitrogens with one attached hydrogen (secondary N) is 2. The van der Waals surface area contributed by atoms with Gasteiger partial charge in [0.1, 0.15) is 5.82 Å². The number of hydrogen-bond acceptors (Lipinski definition) is 3. The first-order valence-electron chi connectivity index (χ1n) is 6.13. The molecule has 4 heteroatoms. The second-order valence-electron chi connectivity index (χ2n) is 4.89. The standard InChI is InChI=1S/C13H17FN2O/c14-11-1-3-12(4-2-11)16-13-9-5-15-6-10(13)8-17-7-9/h1-4,9-10,13,15-16H,5-8H2. The minimum absolute atomic E-state index is 0.190. The highest BCUT2D eigenvalue weighted by molar-refractivity contribution is 5.44. The molecule has 0 radical (unpaired) electrons. The van der Waals surface area contributed by atoms with E-state index in [2.05, 4.69) is 10.6 Å². The Morgan fingerprint density at radius 3 is 2.41 bits per heavy atom. The van der Waals surface area contributed by atoms with Crippen LogP contribution in [-0.2, 0) is 4.74 Å². The van der Waals surface area contributed by atoms with Crippen LogP contribution in [-0.4, -0.2) is 32.3 Å². The summed E-state index contributed by atoms with van der Waals surface area (Å²) >= 11 is 0. The molecule has 0 amide bonds. The third-order valence-electron chi connectivity index (χ3n) is 3.67. The van der Waals surface area contributed by atoms with E-state index in [0.717, 1.165) is 32.0 Å². The summed E-state index contributed by atoms with van der Waals surface area (Å²) < 4.78 is 18.4. The fourth-order valence-corrected chi connectivity index (χ4v) is 2.76. The van der Waals surface area contributed by atoms with Crippen molar-refractivity contribution in [3.63, 3.8) is 0 Å². The van der Waals surface area contributed by atoms with Gasteiger partial charge in [-0.1, -0.05) is 0 Å². The number of rotatable bonds is 2. The maximum Gasteiger partial charge on any atom is 0.123 e. The molecule has 2 unspecified atom stereocenters. The summed E-state index contributed by atoms with van der Waals surface area (Å²) in [5.74, 6) is 0.824. The van der Waals surface area contributed by atoms with E-state index in [4.69, 9.17) is 4.74 Å². The van der Waals surface area contributed by atoms with Crippen LogP contribution >= 0.6 is 0 Å². The Hall–Kier alpha value is -1.13. The summed E-state index contributed by atoms with van der Waals surface area (Å²) in [6.45, 7) is 3.61. The molecule has 3 nitrogen and oxygen atoms in total. The van der Waals surface area contributed by atoms with Crippen LogP contribution in [0.15, 0.2) is 24.3 Å². The van der Waals surface area contributed by atoms with Crippen molar-refractivity contribution in [1.82, 2.24) is 5.32 Å². The highest BCUT2D eigenvalue weighted by Crippen LogP contribution is 2.26. The lowest BCUT2D eigenvalue weighted by molar-refractivity contribution is -0.0106. The Kier molecular flexibility index (Phi) is 2.99. The van der Waals surface area contributed by atoms with E-state index < -0.39 is 0 Å². The van der Waals surface area contributed by atoms with Crippen molar-refractivity contribution in [2.75, 3.05) is 31.6 Å². The van der Waals surface area contributed by atoms with Gasteiger partial charge in [-0.25, -0.2) is 4.39 Å². The van der Waals surface area contributed by atoms with Gasteiger partial charge in [-0.05, 0) is 24.3 Å². The Labute approximate surface area is 100 Å². The van der Waals surface area contributed by atoms with Gasteiger partial charge in [0, 0.05) is 36.7 Å². The van der Waals surface area contributed by atoms with Crippen molar-refractivity contribution in [3.8, 4) is 0 Å². The minimum atomic E-state index is -0.190. The summed E-state index contributed by atoms with van der Waals surface area (Å²) in [5.41, 5.74) is 0.996. The summed E-state index contributed by atoms with van der Waals surface area (Å²) in [6.07, 6.45) is 0. The molecule has 0 spiro atoms. The molecular formula is C13H17FN2O. The Morgan fingerprint density at radius 2 is 1.76 bits per heavy atom. The monoisotopic (exact) mass is 236 g/mol. The van der Waals surface area contributed by atoms with Gasteiger partial charge in [-0.3, -0.25) is 0 Å². The minimum Gasteiger partial charge on any atom is -0.381 e. The first-order valence-corrected chi connectivity index (χ1v) is 6.13. The largest absolute Gasteiger partial charge is 0.381 e. The maximum absolute atomic E-state index is 12.8. The molecule has 0 saturated carbocycles. The first kappa shape index (κ1) is 11.0. The van der Waals surface area contributed by atoms with E-state index >= 15 is 0 Å². The van der Waals surface area contributed by atoms with Crippen molar-refractivity contribution >= 4 is 5.69 Å². The fourth-order valence-electron chi connectivity index (χ4n) is 2.76. The molecule has 2 bridgehead atoms. The molecular weight excluding hydrogens is 219 g/mol. The topological polar surface area (TPSA) is 33.3 Å². The highest BCUT2D eigenvalue weighted by atomic mass is 19.1. The Balaban J connectivity index is 1.73. The number of ether oxygens (including phenoxy) is 1. The molecule has 2 aliphatic heterocycles. The summed E-state index contributed by atoms with van der Waals surface area (Å²) in [6, 6.07) is 7.03. The lowest BCUT2D eigenvalue weighted by Gasteiger charge is -2.43. The van der Waals surface area contributed by atoms with Gasteiger partial charge in [0.25, 0.3) is 0 Å². The number of fused-ring (bicyclic) bond motifs is 2. The number of halogens is 1. The predicted octanol–water partition coefficient (Wildman–Crippen LogP) is 1.47. The lowest BCUT2D eigenvalue weighted by Crippen LogP contribution is -2.56. The SMILES string of the molecule is Fc1ccc(NC2C3CNCC2COC3)cc1. The van der Waals surface area contributed by atoms with E-state index in [1.165, 1.54) is 12.1 Å². The van der Waals surface area contributed by atoms with Gasteiger partial charge in [0.2, 0.25) is 0 Å². The van der Waals surface area contributed by atoms with Gasteiger partial charge < -0.3 is 15.4 Å². The summed E-state index contributed by atoms with van der Waals surface area (Å²) in [4.78, 5) is 0. The summed E-state index contributed by atoms with van der Waals surface area (Å²) in [5, 5.41) is 6.96. The Bertz CT molecular complexity index is 360. The van der Waals surface area contributed by atoms with E-state index in [0.29, 0.717) is 17.9 Å². The van der Waals surface area contributed by atoms with Gasteiger partial charge in [-0.15, -0.1) is 0 Å². The molecule has 1 aromatic rings. The first-order chi connectivity index (χ1) is 8.33. The second-order valence-corrected chi connectivity index (χ2v) is 4.89. The predicted molar refractivity (Wildman–Crippen MR) is 64.5 cm³/mol. The fraction of sp³-hybridized carbons (Fsp3) is 0.538. The van der Waals surface area contributed by atoms with Crippen LogP contribution in [0.5, 0.6) is 0 Å². The van der Waals surface area contributed by atoms with Crippen molar-refractivity contribution in [2.45, 2.75) is 6.04 Å². The zero-order chi connectivity index (χ0) is 11.7. The average molecular weight is 236 g/mol. The van der Waals surface area contributed by atoms with Gasteiger partial charge in [-0.2, -0.15) is 0 Å². The molecule has 2 N–H and O–H groups in total. The third-order valence-corrected chi connectivity index (χ3v) is 3.67. The van der Waals surface area contributed by atoms with Crippen LogP contribution in [0.4, 0.5) is 10.1 Å². The third kappa shape index (κ3) is 2.28. The van der Waals surface area contributed by atoms with E-state index in [9.17, 15) is 4.39 Å². The van der Waals surface area contributed by atoms with Crippen LogP contribution in [0.2, 0.25) is 0 Å². The lowest BCUT2D eigenvalue weighted by atomic mass is 9.83. The van der Waals surface area contributed by atoms with Crippen molar-refractivity contribution in [3.05, 3.63) is 30.1 Å². The second kappa shape index (κ2) is 4.63. The molecule has 1 aromatic carbocycles. The van der Waals surface area contributed by atoms with Gasteiger partial charge in [0.15, 0.2) is 0 Å². The van der Waals surface area contributed by atoms with Crippen LogP contribution in [0.1, 0.15) is 0 Å². The molecule has 0 aromatic heterocycles. The van der Waals surface area contributed by atoms with Gasteiger partial charge >= 0.3 is 0 Å². The van der Waals surface area contributed by atoms with Crippen LogP contribution in [0, 0.1) is 17.7 Å². The van der Waals surface area contributed by atoms with Gasteiger partial charge in [0.05, 0.1) is 13.2 Å². The quantitative estimate of drug-likeness (QED) is 0.816. The molecule has 2 aliphatic rings. The normalized spacial score (nSPS) is 32.2. The smallest absolute Gasteiger partial charge is 0.123 e. The maximum atomic E-state index is 12.8. The number of hydrogen-bond donors (Lipinski definition) is 2. The van der Waals surface area contributed by atoms with Crippen molar-refractivity contribution < 1.29 is 9.13 Å². The van der Waals surface area contributed by atoms with Crippen LogP contribution < -0.4 is 10.6 Å². The van der Waals surface area contributed by atoms with Crippen LogP contribution in [0.3, 0.4) is 0 Å². The zero-order valence-electron chi connectivity index (χ0n) is 9.66. The van der Waals surface area contributed by atoms with E-state index in [1.54, 1.807) is 12.1 Å². The van der Waals surface area contributed by atoms with E-state index in [1.807, 2.05) is 0 Å². The van der Waals surface area contributed by atoms with E-state index in [-0.39, 0.29) is 5.82 Å². The number of anilines is 1. The summed E-state index contributed by atoms with van der Waals surface area (Å²) in [7, 11) is 0. The molecule has 17 heavy (non-hydrogen) atoms. The Morgan fingerprint density at radius 1 is 1.12 bits per heavy atom. The zero-order valence-corrected chi connectivity index (χ0v) is 9.66. The number of piperidine rings is 1. The number of benzene rings is 1. The highest BCUT2D eigenvalue weighted by Gasteiger charge is 2.36. The average Bonchev–Trinajstić information content (AvgIpc) is 2.32. The molecule has 2 saturated heterocycles. The van der Waals surface area contributed by atoms with Crippen LogP contribution in [0.25, 0.3) is 0 Å². The van der Waals surface area contributed by atoms with Crippen molar-refractivity contribution in [1.29, 1.82) is 0 Å². The van der Waals surface area contributed by atoms with Crippen molar-refractivity contribution in [2.24, 2.45) is 11.8 Å². The molecule has 2 fully saturated rings. The molecule has 2 heterocycles.